The van der Waals surface area contributed by atoms with Gasteiger partial charge in [-0.1, -0.05) is 6.92 Å². The van der Waals surface area contributed by atoms with Gasteiger partial charge in [-0.15, -0.1) is 0 Å². The summed E-state index contributed by atoms with van der Waals surface area (Å²) in [6.45, 7) is 8.66. The molecule has 0 radical (unpaired) electrons. The number of carbonyl (C=O) groups excluding carboxylic acids is 1. The van der Waals surface area contributed by atoms with E-state index < -0.39 is 0 Å². The van der Waals surface area contributed by atoms with Gasteiger partial charge < -0.3 is 0 Å². The third-order valence-electron chi connectivity index (χ3n) is 3.26. The summed E-state index contributed by atoms with van der Waals surface area (Å²) in [5, 5.41) is 4.23. The first-order valence-electron chi connectivity index (χ1n) is 6.21. The quantitative estimate of drug-likeness (QED) is 0.793. The fourth-order valence-corrected chi connectivity index (χ4v) is 2.26. The van der Waals surface area contributed by atoms with Crippen LogP contribution in [0.25, 0.3) is 0 Å². The second kappa shape index (κ2) is 4.96. The standard InChI is InChI=1S/C12H20N4O/c1-9(2)16-12(13-8-14-16)7-15-5-4-11(17)10(3)6-15/h8-10H,4-7H2,1-3H3. The Morgan fingerprint density at radius 2 is 2.29 bits per heavy atom. The number of ketones is 1. The minimum atomic E-state index is 0.152. The lowest BCUT2D eigenvalue weighted by Gasteiger charge is -2.29. The van der Waals surface area contributed by atoms with E-state index in [4.69, 9.17) is 0 Å². The lowest BCUT2D eigenvalue weighted by atomic mass is 9.99. The molecule has 1 aliphatic rings. The smallest absolute Gasteiger partial charge is 0.141 e. The molecule has 17 heavy (non-hydrogen) atoms. The maximum Gasteiger partial charge on any atom is 0.141 e. The Balaban J connectivity index is 2.01. The van der Waals surface area contributed by atoms with Crippen molar-refractivity contribution in [2.24, 2.45) is 5.92 Å². The topological polar surface area (TPSA) is 51.0 Å². The van der Waals surface area contributed by atoms with Gasteiger partial charge in [0.05, 0.1) is 6.54 Å². The summed E-state index contributed by atoms with van der Waals surface area (Å²) in [6.07, 6.45) is 2.27. The highest BCUT2D eigenvalue weighted by atomic mass is 16.1. The molecule has 1 fully saturated rings. The Labute approximate surface area is 102 Å². The molecule has 2 heterocycles. The van der Waals surface area contributed by atoms with Crippen molar-refractivity contribution in [1.29, 1.82) is 0 Å². The van der Waals surface area contributed by atoms with Gasteiger partial charge >= 0.3 is 0 Å². The van der Waals surface area contributed by atoms with Gasteiger partial charge in [0, 0.05) is 31.5 Å². The van der Waals surface area contributed by atoms with Crippen LogP contribution in [0.15, 0.2) is 6.33 Å². The third kappa shape index (κ3) is 2.72. The zero-order valence-corrected chi connectivity index (χ0v) is 10.8. The molecule has 0 amide bonds. The number of rotatable bonds is 3. The summed E-state index contributed by atoms with van der Waals surface area (Å²) < 4.78 is 1.95. The molecule has 2 rings (SSSR count). The van der Waals surface area contributed by atoms with Gasteiger partial charge in [0.25, 0.3) is 0 Å². The molecule has 1 atom stereocenters. The number of hydrogen-bond donors (Lipinski definition) is 0. The molecular weight excluding hydrogens is 216 g/mol. The van der Waals surface area contributed by atoms with Crippen LogP contribution >= 0.6 is 0 Å². The van der Waals surface area contributed by atoms with Gasteiger partial charge in [-0.25, -0.2) is 9.67 Å². The zero-order chi connectivity index (χ0) is 12.4. The summed E-state index contributed by atoms with van der Waals surface area (Å²) in [7, 11) is 0. The number of nitrogens with zero attached hydrogens (tertiary/aromatic N) is 4. The van der Waals surface area contributed by atoms with Crippen LogP contribution in [0.4, 0.5) is 0 Å². The van der Waals surface area contributed by atoms with Crippen molar-refractivity contribution < 1.29 is 4.79 Å². The van der Waals surface area contributed by atoms with E-state index >= 15 is 0 Å². The predicted molar refractivity (Wildman–Crippen MR) is 64.5 cm³/mol. The SMILES string of the molecule is CC1CN(Cc2ncnn2C(C)C)CCC1=O. The number of piperidine rings is 1. The van der Waals surface area contributed by atoms with Gasteiger partial charge in [0.1, 0.15) is 17.9 Å². The molecule has 0 N–H and O–H groups in total. The number of aromatic nitrogens is 3. The van der Waals surface area contributed by atoms with Gasteiger partial charge in [0.15, 0.2) is 0 Å². The van der Waals surface area contributed by atoms with Crippen LogP contribution in [0, 0.1) is 5.92 Å². The summed E-state index contributed by atoms with van der Waals surface area (Å²) in [6, 6.07) is 0.330. The van der Waals surface area contributed by atoms with Gasteiger partial charge in [0.2, 0.25) is 0 Å². The monoisotopic (exact) mass is 236 g/mol. The Kier molecular flexibility index (Phi) is 3.57. The van der Waals surface area contributed by atoms with Crippen LogP contribution in [0.3, 0.4) is 0 Å². The first-order valence-corrected chi connectivity index (χ1v) is 6.21. The maximum atomic E-state index is 11.5. The van der Waals surface area contributed by atoms with E-state index in [1.54, 1.807) is 6.33 Å². The van der Waals surface area contributed by atoms with Crippen molar-refractivity contribution in [3.05, 3.63) is 12.2 Å². The van der Waals surface area contributed by atoms with E-state index in [2.05, 4.69) is 28.8 Å². The van der Waals surface area contributed by atoms with Crippen LogP contribution in [0.2, 0.25) is 0 Å². The molecular formula is C12H20N4O. The molecule has 0 saturated carbocycles. The number of carbonyl (C=O) groups is 1. The first kappa shape index (κ1) is 12.2. The normalized spacial score (nSPS) is 22.4. The molecule has 1 aromatic heterocycles. The molecule has 0 bridgehead atoms. The largest absolute Gasteiger partial charge is 0.299 e. The molecule has 0 aliphatic carbocycles. The number of Topliss-reactive ketones (excluding diaryl/α,β-unsaturated/α-hetero) is 1. The molecule has 1 aromatic rings. The lowest BCUT2D eigenvalue weighted by molar-refractivity contribution is -0.125. The molecule has 94 valence electrons. The highest BCUT2D eigenvalue weighted by molar-refractivity contribution is 5.81. The van der Waals surface area contributed by atoms with Crippen LogP contribution in [-0.2, 0) is 11.3 Å². The molecule has 5 nitrogen and oxygen atoms in total. The number of hydrogen-bond acceptors (Lipinski definition) is 4. The molecule has 5 heteroatoms. The van der Waals surface area contributed by atoms with E-state index in [-0.39, 0.29) is 5.92 Å². The second-order valence-corrected chi connectivity index (χ2v) is 5.07. The lowest BCUT2D eigenvalue weighted by Crippen LogP contribution is -2.39. The minimum Gasteiger partial charge on any atom is -0.299 e. The van der Waals surface area contributed by atoms with Crippen molar-refractivity contribution in [2.45, 2.75) is 39.8 Å². The van der Waals surface area contributed by atoms with Gasteiger partial charge in [-0.05, 0) is 13.8 Å². The average Bonchev–Trinajstić information content (AvgIpc) is 2.72. The zero-order valence-electron chi connectivity index (χ0n) is 10.8. The van der Waals surface area contributed by atoms with E-state index in [0.717, 1.165) is 25.5 Å². The van der Waals surface area contributed by atoms with Crippen molar-refractivity contribution in [3.63, 3.8) is 0 Å². The Morgan fingerprint density at radius 3 is 2.94 bits per heavy atom. The van der Waals surface area contributed by atoms with Crippen molar-refractivity contribution >= 4 is 5.78 Å². The fourth-order valence-electron chi connectivity index (χ4n) is 2.26. The van der Waals surface area contributed by atoms with E-state index in [1.165, 1.54) is 0 Å². The van der Waals surface area contributed by atoms with Crippen LogP contribution in [-0.4, -0.2) is 38.5 Å². The Hall–Kier alpha value is -1.23. The fraction of sp³-hybridized carbons (Fsp3) is 0.750. The maximum absolute atomic E-state index is 11.5. The van der Waals surface area contributed by atoms with Crippen molar-refractivity contribution in [3.8, 4) is 0 Å². The number of likely N-dealkylation sites (tertiary alicyclic amines) is 1. The first-order chi connectivity index (χ1) is 8.08. The summed E-state index contributed by atoms with van der Waals surface area (Å²) in [5.41, 5.74) is 0. The van der Waals surface area contributed by atoms with Crippen molar-refractivity contribution in [1.82, 2.24) is 19.7 Å². The minimum absolute atomic E-state index is 0.152. The van der Waals surface area contributed by atoms with E-state index in [1.807, 2.05) is 11.6 Å². The summed E-state index contributed by atoms with van der Waals surface area (Å²) >= 11 is 0. The molecule has 1 unspecified atom stereocenters. The van der Waals surface area contributed by atoms with Crippen LogP contribution in [0.1, 0.15) is 39.1 Å². The molecule has 1 saturated heterocycles. The van der Waals surface area contributed by atoms with Crippen LogP contribution < -0.4 is 0 Å². The Morgan fingerprint density at radius 1 is 1.53 bits per heavy atom. The van der Waals surface area contributed by atoms with E-state index in [9.17, 15) is 4.79 Å². The average molecular weight is 236 g/mol. The molecule has 0 spiro atoms. The molecule has 1 aliphatic heterocycles. The summed E-state index contributed by atoms with van der Waals surface area (Å²) in [4.78, 5) is 18.0. The predicted octanol–water partition coefficient (Wildman–Crippen LogP) is 1.27. The third-order valence-corrected chi connectivity index (χ3v) is 3.26. The highest BCUT2D eigenvalue weighted by Crippen LogP contribution is 2.15. The van der Waals surface area contributed by atoms with E-state index in [0.29, 0.717) is 18.2 Å². The summed E-state index contributed by atoms with van der Waals surface area (Å²) in [5.74, 6) is 1.52. The van der Waals surface area contributed by atoms with Crippen LogP contribution in [0.5, 0.6) is 0 Å². The van der Waals surface area contributed by atoms with Gasteiger partial charge in [-0.3, -0.25) is 9.69 Å². The van der Waals surface area contributed by atoms with Crippen molar-refractivity contribution in [2.75, 3.05) is 13.1 Å². The molecule has 0 aromatic carbocycles. The highest BCUT2D eigenvalue weighted by Gasteiger charge is 2.24. The second-order valence-electron chi connectivity index (χ2n) is 5.07. The van der Waals surface area contributed by atoms with Gasteiger partial charge in [-0.2, -0.15) is 5.10 Å². The Bertz CT molecular complexity index is 399.